The number of nitrogens with two attached hydrogens (primary N) is 1. The second-order valence-electron chi connectivity index (χ2n) is 2.22. The summed E-state index contributed by atoms with van der Waals surface area (Å²) in [6.07, 6.45) is 1.28. The van der Waals surface area contributed by atoms with Crippen LogP contribution in [0.25, 0.3) is 0 Å². The molecule has 0 saturated carbocycles. The van der Waals surface area contributed by atoms with E-state index in [1.165, 1.54) is 13.4 Å². The first-order chi connectivity index (χ1) is 5.79. The van der Waals surface area contributed by atoms with Crippen LogP contribution in [0.15, 0.2) is 6.33 Å². The van der Waals surface area contributed by atoms with Gasteiger partial charge in [-0.25, -0.2) is 14.4 Å². The van der Waals surface area contributed by atoms with E-state index in [2.05, 4.69) is 9.97 Å². The van der Waals surface area contributed by atoms with Gasteiger partial charge in [0, 0.05) is 13.7 Å². The van der Waals surface area contributed by atoms with E-state index in [1.807, 2.05) is 0 Å². The van der Waals surface area contributed by atoms with Crippen molar-refractivity contribution in [3.63, 3.8) is 0 Å². The second-order valence-corrected chi connectivity index (χ2v) is 2.22. The molecule has 12 heavy (non-hydrogen) atoms. The summed E-state index contributed by atoms with van der Waals surface area (Å²) < 4.78 is 17.9. The maximum absolute atomic E-state index is 13.2. The predicted molar refractivity (Wildman–Crippen MR) is 40.6 cm³/mol. The number of ether oxygens (including phenoxy) is 1. The van der Waals surface area contributed by atoms with Gasteiger partial charge < -0.3 is 10.5 Å². The van der Waals surface area contributed by atoms with Crippen molar-refractivity contribution in [2.45, 2.75) is 13.2 Å². The van der Waals surface area contributed by atoms with Crippen LogP contribution < -0.4 is 5.73 Å². The molecule has 0 fully saturated rings. The maximum atomic E-state index is 13.2. The van der Waals surface area contributed by atoms with Crippen molar-refractivity contribution in [3.05, 3.63) is 23.5 Å². The molecule has 0 radical (unpaired) electrons. The zero-order valence-electron chi connectivity index (χ0n) is 6.75. The largest absolute Gasteiger partial charge is 0.378 e. The Morgan fingerprint density at radius 1 is 1.50 bits per heavy atom. The highest BCUT2D eigenvalue weighted by Gasteiger charge is 2.08. The summed E-state index contributed by atoms with van der Waals surface area (Å²) in [5.74, 6) is -0.471. The predicted octanol–water partition coefficient (Wildman–Crippen LogP) is 0.221. The van der Waals surface area contributed by atoms with Gasteiger partial charge in [-0.15, -0.1) is 0 Å². The van der Waals surface area contributed by atoms with Crippen LogP contribution in [-0.4, -0.2) is 17.1 Å². The Labute approximate surface area is 69.6 Å². The number of rotatable bonds is 3. The monoisotopic (exact) mass is 171 g/mol. The molecule has 0 amide bonds. The van der Waals surface area contributed by atoms with Gasteiger partial charge in [0.2, 0.25) is 0 Å². The molecule has 0 aliphatic carbocycles. The molecule has 1 heterocycles. The lowest BCUT2D eigenvalue weighted by atomic mass is 10.3. The summed E-state index contributed by atoms with van der Waals surface area (Å²) in [4.78, 5) is 7.38. The Kier molecular flexibility index (Phi) is 3.07. The number of hydrogen-bond donors (Lipinski definition) is 1. The summed E-state index contributed by atoms with van der Waals surface area (Å²) in [6, 6.07) is 0. The highest BCUT2D eigenvalue weighted by molar-refractivity contribution is 5.10. The molecule has 0 bridgehead atoms. The van der Waals surface area contributed by atoms with E-state index < -0.39 is 5.82 Å². The second kappa shape index (κ2) is 4.08. The minimum Gasteiger partial charge on any atom is -0.378 e. The van der Waals surface area contributed by atoms with Gasteiger partial charge in [0.05, 0.1) is 12.3 Å². The van der Waals surface area contributed by atoms with Crippen molar-refractivity contribution < 1.29 is 9.13 Å². The van der Waals surface area contributed by atoms with Crippen LogP contribution in [0, 0.1) is 5.82 Å². The Hall–Kier alpha value is -1.07. The average Bonchev–Trinajstić information content (AvgIpc) is 2.09. The van der Waals surface area contributed by atoms with E-state index in [4.69, 9.17) is 10.5 Å². The fourth-order valence-corrected chi connectivity index (χ4v) is 0.828. The molecular formula is C7H10FN3O. The third kappa shape index (κ3) is 1.75. The Balaban J connectivity index is 2.97. The van der Waals surface area contributed by atoms with E-state index in [0.717, 1.165) is 0 Å². The van der Waals surface area contributed by atoms with Crippen LogP contribution >= 0.6 is 0 Å². The molecule has 0 unspecified atom stereocenters. The molecule has 4 nitrogen and oxygen atoms in total. The smallest absolute Gasteiger partial charge is 0.169 e. The quantitative estimate of drug-likeness (QED) is 0.706. The van der Waals surface area contributed by atoms with Gasteiger partial charge in [0.15, 0.2) is 5.82 Å². The van der Waals surface area contributed by atoms with Gasteiger partial charge >= 0.3 is 0 Å². The molecule has 0 spiro atoms. The van der Waals surface area contributed by atoms with Gasteiger partial charge in [-0.2, -0.15) is 0 Å². The van der Waals surface area contributed by atoms with Crippen molar-refractivity contribution in [1.82, 2.24) is 9.97 Å². The van der Waals surface area contributed by atoms with E-state index in [9.17, 15) is 4.39 Å². The highest BCUT2D eigenvalue weighted by Crippen LogP contribution is 2.07. The minimum absolute atomic E-state index is 0.0745. The summed E-state index contributed by atoms with van der Waals surface area (Å²) in [5, 5.41) is 0. The Morgan fingerprint density at radius 2 is 2.17 bits per heavy atom. The first-order valence-corrected chi connectivity index (χ1v) is 3.46. The zero-order chi connectivity index (χ0) is 8.97. The van der Waals surface area contributed by atoms with Gasteiger partial charge in [-0.3, -0.25) is 0 Å². The SMILES string of the molecule is COCc1ncnc(CN)c1F. The van der Waals surface area contributed by atoms with Crippen molar-refractivity contribution in [2.75, 3.05) is 7.11 Å². The van der Waals surface area contributed by atoms with E-state index in [-0.39, 0.29) is 24.5 Å². The van der Waals surface area contributed by atoms with Crippen molar-refractivity contribution >= 4 is 0 Å². The number of aromatic nitrogens is 2. The van der Waals surface area contributed by atoms with Crippen LogP contribution in [0.1, 0.15) is 11.4 Å². The molecule has 66 valence electrons. The van der Waals surface area contributed by atoms with Crippen LogP contribution in [0.4, 0.5) is 4.39 Å². The average molecular weight is 171 g/mol. The fraction of sp³-hybridized carbons (Fsp3) is 0.429. The molecule has 0 aromatic carbocycles. The molecule has 1 rings (SSSR count). The molecule has 2 N–H and O–H groups in total. The van der Waals surface area contributed by atoms with Crippen LogP contribution in [-0.2, 0) is 17.9 Å². The molecular weight excluding hydrogens is 161 g/mol. The minimum atomic E-state index is -0.471. The molecule has 1 aromatic heterocycles. The number of nitrogens with zero attached hydrogens (tertiary/aromatic N) is 2. The summed E-state index contributed by atoms with van der Waals surface area (Å²) >= 11 is 0. The molecule has 0 atom stereocenters. The van der Waals surface area contributed by atoms with Crippen LogP contribution in [0.2, 0.25) is 0 Å². The topological polar surface area (TPSA) is 61.0 Å². The lowest BCUT2D eigenvalue weighted by Crippen LogP contribution is -2.08. The first-order valence-electron chi connectivity index (χ1n) is 3.46. The lowest BCUT2D eigenvalue weighted by molar-refractivity contribution is 0.177. The van der Waals surface area contributed by atoms with Crippen molar-refractivity contribution in [3.8, 4) is 0 Å². The van der Waals surface area contributed by atoms with E-state index >= 15 is 0 Å². The Morgan fingerprint density at radius 3 is 2.75 bits per heavy atom. The van der Waals surface area contributed by atoms with Crippen LogP contribution in [0.5, 0.6) is 0 Å². The molecule has 5 heteroatoms. The number of halogens is 1. The summed E-state index contributed by atoms with van der Waals surface area (Å²) in [6.45, 7) is 0.215. The van der Waals surface area contributed by atoms with Crippen molar-refractivity contribution in [1.29, 1.82) is 0 Å². The zero-order valence-corrected chi connectivity index (χ0v) is 6.75. The fourth-order valence-electron chi connectivity index (χ4n) is 0.828. The third-order valence-electron chi connectivity index (χ3n) is 1.41. The van der Waals surface area contributed by atoms with E-state index in [0.29, 0.717) is 0 Å². The van der Waals surface area contributed by atoms with E-state index in [1.54, 1.807) is 0 Å². The number of methoxy groups -OCH3 is 1. The van der Waals surface area contributed by atoms with Gasteiger partial charge in [-0.05, 0) is 0 Å². The molecule has 0 aliphatic rings. The lowest BCUT2D eigenvalue weighted by Gasteiger charge is -2.02. The third-order valence-corrected chi connectivity index (χ3v) is 1.41. The normalized spacial score (nSPS) is 10.2. The van der Waals surface area contributed by atoms with Crippen molar-refractivity contribution in [2.24, 2.45) is 5.73 Å². The van der Waals surface area contributed by atoms with Gasteiger partial charge in [-0.1, -0.05) is 0 Å². The molecule has 0 saturated heterocycles. The van der Waals surface area contributed by atoms with Crippen LogP contribution in [0.3, 0.4) is 0 Å². The Bertz CT molecular complexity index is 267. The van der Waals surface area contributed by atoms with Gasteiger partial charge in [0.25, 0.3) is 0 Å². The summed E-state index contributed by atoms with van der Waals surface area (Å²) in [7, 11) is 1.48. The molecule has 0 aliphatic heterocycles. The summed E-state index contributed by atoms with van der Waals surface area (Å²) in [5.41, 5.74) is 5.71. The maximum Gasteiger partial charge on any atom is 0.169 e. The standard InChI is InChI=1S/C7H10FN3O/c1-12-3-6-7(8)5(2-9)10-4-11-6/h4H,2-3,9H2,1H3. The number of hydrogen-bond acceptors (Lipinski definition) is 4. The first kappa shape index (κ1) is 9.02. The van der Waals surface area contributed by atoms with Gasteiger partial charge in [0.1, 0.15) is 12.0 Å². The highest BCUT2D eigenvalue weighted by atomic mass is 19.1. The molecule has 1 aromatic rings.